The van der Waals surface area contributed by atoms with Crippen molar-refractivity contribution >= 4 is 5.65 Å². The molecule has 74 valence electrons. The van der Waals surface area contributed by atoms with Gasteiger partial charge in [-0.1, -0.05) is 0 Å². The highest BCUT2D eigenvalue weighted by Gasteiger charge is 2.09. The summed E-state index contributed by atoms with van der Waals surface area (Å²) in [6.45, 7) is 1.85. The van der Waals surface area contributed by atoms with E-state index in [1.165, 1.54) is 0 Å². The summed E-state index contributed by atoms with van der Waals surface area (Å²) < 4.78 is 1.71. The minimum atomic E-state index is 0.729. The predicted molar refractivity (Wildman–Crippen MR) is 53.1 cm³/mol. The molecule has 0 radical (unpaired) electrons. The second-order valence-electron chi connectivity index (χ2n) is 3.19. The average Bonchev–Trinajstić information content (AvgIpc) is 2.82. The number of aromatic nitrogens is 6. The summed E-state index contributed by atoms with van der Waals surface area (Å²) in [6.07, 6.45) is 6.97. The van der Waals surface area contributed by atoms with Crippen LogP contribution >= 0.6 is 0 Å². The van der Waals surface area contributed by atoms with E-state index in [4.69, 9.17) is 0 Å². The van der Waals surface area contributed by atoms with Gasteiger partial charge in [0.15, 0.2) is 5.65 Å². The summed E-state index contributed by atoms with van der Waals surface area (Å²) in [6, 6.07) is 0. The maximum Gasteiger partial charge on any atom is 0.182 e. The Balaban J connectivity index is 2.35. The first-order chi connectivity index (χ1) is 7.34. The highest BCUT2D eigenvalue weighted by Crippen LogP contribution is 2.18. The van der Waals surface area contributed by atoms with Crippen LogP contribution in [0.4, 0.5) is 0 Å². The Morgan fingerprint density at radius 1 is 1.40 bits per heavy atom. The van der Waals surface area contributed by atoms with Gasteiger partial charge in [-0.2, -0.15) is 10.2 Å². The summed E-state index contributed by atoms with van der Waals surface area (Å²) in [7, 11) is 0. The molecular formula is C9H8N6. The monoisotopic (exact) mass is 200 g/mol. The van der Waals surface area contributed by atoms with Gasteiger partial charge in [0.2, 0.25) is 0 Å². The molecule has 3 aromatic rings. The van der Waals surface area contributed by atoms with Crippen LogP contribution in [0.2, 0.25) is 0 Å². The van der Waals surface area contributed by atoms with E-state index >= 15 is 0 Å². The molecule has 0 amide bonds. The summed E-state index contributed by atoms with van der Waals surface area (Å²) in [5.41, 5.74) is 2.44. The third-order valence-corrected chi connectivity index (χ3v) is 2.13. The molecule has 0 bridgehead atoms. The molecule has 6 nitrogen and oxygen atoms in total. The van der Waals surface area contributed by atoms with E-state index in [1.54, 1.807) is 29.3 Å². The van der Waals surface area contributed by atoms with Crippen molar-refractivity contribution < 1.29 is 0 Å². The van der Waals surface area contributed by atoms with Crippen LogP contribution in [0.3, 0.4) is 0 Å². The van der Waals surface area contributed by atoms with Gasteiger partial charge in [0.05, 0.1) is 6.20 Å². The standard InChI is InChI=1S/C9H8N6/c1-6-13-9-8(7-4-11-12-5-7)10-2-3-15(9)14-6/h2-5H,1H3,(H,11,12). The van der Waals surface area contributed by atoms with E-state index in [9.17, 15) is 0 Å². The van der Waals surface area contributed by atoms with Crippen LogP contribution in [-0.2, 0) is 0 Å². The fourth-order valence-electron chi connectivity index (χ4n) is 1.51. The van der Waals surface area contributed by atoms with E-state index in [1.807, 2.05) is 6.92 Å². The van der Waals surface area contributed by atoms with E-state index in [0.717, 1.165) is 22.7 Å². The molecule has 0 aliphatic heterocycles. The zero-order valence-corrected chi connectivity index (χ0v) is 8.05. The van der Waals surface area contributed by atoms with Crippen LogP contribution in [-0.4, -0.2) is 29.8 Å². The molecule has 6 heteroatoms. The first-order valence-electron chi connectivity index (χ1n) is 4.52. The van der Waals surface area contributed by atoms with Gasteiger partial charge in [-0.3, -0.25) is 10.1 Å². The largest absolute Gasteiger partial charge is 0.285 e. The summed E-state index contributed by atoms with van der Waals surface area (Å²) in [4.78, 5) is 8.60. The SMILES string of the molecule is Cc1nc2c(-c3cn[nH]c3)nccn2n1. The van der Waals surface area contributed by atoms with Crippen molar-refractivity contribution in [2.45, 2.75) is 6.92 Å². The Labute approximate surface area is 85.0 Å². The molecule has 0 aliphatic carbocycles. The number of hydrogen-bond donors (Lipinski definition) is 1. The first kappa shape index (κ1) is 8.10. The molecule has 3 heterocycles. The van der Waals surface area contributed by atoms with Crippen molar-refractivity contribution in [3.8, 4) is 11.3 Å². The minimum Gasteiger partial charge on any atom is -0.285 e. The number of fused-ring (bicyclic) bond motifs is 1. The molecule has 0 spiro atoms. The quantitative estimate of drug-likeness (QED) is 0.631. The lowest BCUT2D eigenvalue weighted by Gasteiger charge is -1.96. The zero-order valence-electron chi connectivity index (χ0n) is 8.05. The maximum absolute atomic E-state index is 4.32. The minimum absolute atomic E-state index is 0.729. The Kier molecular flexibility index (Phi) is 1.55. The molecule has 0 aromatic carbocycles. The molecule has 1 N–H and O–H groups in total. The third-order valence-electron chi connectivity index (χ3n) is 2.13. The van der Waals surface area contributed by atoms with Crippen molar-refractivity contribution in [1.82, 2.24) is 29.8 Å². The molecule has 0 atom stereocenters. The topological polar surface area (TPSA) is 71.8 Å². The molecule has 15 heavy (non-hydrogen) atoms. The van der Waals surface area contributed by atoms with Crippen LogP contribution in [0.5, 0.6) is 0 Å². The fourth-order valence-corrected chi connectivity index (χ4v) is 1.51. The van der Waals surface area contributed by atoms with Crippen LogP contribution < -0.4 is 0 Å². The number of nitrogens with zero attached hydrogens (tertiary/aromatic N) is 5. The van der Waals surface area contributed by atoms with E-state index in [-0.39, 0.29) is 0 Å². The first-order valence-corrected chi connectivity index (χ1v) is 4.52. The van der Waals surface area contributed by atoms with Crippen LogP contribution in [0, 0.1) is 6.92 Å². The molecule has 3 aromatic heterocycles. The predicted octanol–water partition coefficient (Wildman–Crippen LogP) is 0.823. The Morgan fingerprint density at radius 3 is 3.13 bits per heavy atom. The normalized spacial score (nSPS) is 11.0. The number of rotatable bonds is 1. The van der Waals surface area contributed by atoms with Crippen molar-refractivity contribution in [3.05, 3.63) is 30.6 Å². The summed E-state index contributed by atoms with van der Waals surface area (Å²) in [5, 5.41) is 10.9. The third kappa shape index (κ3) is 1.18. The van der Waals surface area contributed by atoms with E-state index in [0.29, 0.717) is 0 Å². The van der Waals surface area contributed by atoms with Crippen molar-refractivity contribution in [1.29, 1.82) is 0 Å². The molecular weight excluding hydrogens is 192 g/mol. The van der Waals surface area contributed by atoms with Crippen LogP contribution in [0.1, 0.15) is 5.82 Å². The number of H-pyrrole nitrogens is 1. The number of hydrogen-bond acceptors (Lipinski definition) is 4. The average molecular weight is 200 g/mol. The van der Waals surface area contributed by atoms with Crippen molar-refractivity contribution in [3.63, 3.8) is 0 Å². The number of nitrogens with one attached hydrogen (secondary N) is 1. The lowest BCUT2D eigenvalue weighted by Crippen LogP contribution is -1.91. The van der Waals surface area contributed by atoms with Gasteiger partial charge >= 0.3 is 0 Å². The highest BCUT2D eigenvalue weighted by atomic mass is 15.3. The molecule has 0 saturated carbocycles. The van der Waals surface area contributed by atoms with Crippen molar-refractivity contribution in [2.24, 2.45) is 0 Å². The lowest BCUT2D eigenvalue weighted by molar-refractivity contribution is 0.921. The second kappa shape index (κ2) is 2.88. The van der Waals surface area contributed by atoms with Gasteiger partial charge < -0.3 is 0 Å². The Morgan fingerprint density at radius 2 is 2.33 bits per heavy atom. The van der Waals surface area contributed by atoms with Gasteiger partial charge in [0.25, 0.3) is 0 Å². The molecule has 0 saturated heterocycles. The Bertz CT molecular complexity index is 594. The van der Waals surface area contributed by atoms with Crippen molar-refractivity contribution in [2.75, 3.05) is 0 Å². The smallest absolute Gasteiger partial charge is 0.182 e. The van der Waals surface area contributed by atoms with E-state index < -0.39 is 0 Å². The fraction of sp³-hybridized carbons (Fsp3) is 0.111. The maximum atomic E-state index is 4.32. The second-order valence-corrected chi connectivity index (χ2v) is 3.19. The zero-order chi connectivity index (χ0) is 10.3. The van der Waals surface area contributed by atoms with Gasteiger partial charge in [-0.05, 0) is 6.92 Å². The summed E-state index contributed by atoms with van der Waals surface area (Å²) >= 11 is 0. The Hall–Kier alpha value is -2.24. The number of aryl methyl sites for hydroxylation is 1. The molecule has 0 fully saturated rings. The van der Waals surface area contributed by atoms with Crippen LogP contribution in [0.15, 0.2) is 24.8 Å². The molecule has 0 unspecified atom stereocenters. The van der Waals surface area contributed by atoms with Gasteiger partial charge in [-0.15, -0.1) is 0 Å². The highest BCUT2D eigenvalue weighted by molar-refractivity contribution is 5.71. The number of aromatic amines is 1. The van der Waals surface area contributed by atoms with E-state index in [2.05, 4.69) is 25.3 Å². The summed E-state index contributed by atoms with van der Waals surface area (Å²) in [5.74, 6) is 0.729. The van der Waals surface area contributed by atoms with Crippen LogP contribution in [0.25, 0.3) is 16.9 Å². The lowest BCUT2D eigenvalue weighted by atomic mass is 10.2. The van der Waals surface area contributed by atoms with Gasteiger partial charge in [0.1, 0.15) is 11.5 Å². The molecule has 3 rings (SSSR count). The van der Waals surface area contributed by atoms with Gasteiger partial charge in [0, 0.05) is 24.2 Å². The molecule has 0 aliphatic rings. The van der Waals surface area contributed by atoms with Gasteiger partial charge in [-0.25, -0.2) is 9.50 Å².